The van der Waals surface area contributed by atoms with Crippen LogP contribution in [0.1, 0.15) is 31.7 Å². The highest BCUT2D eigenvalue weighted by molar-refractivity contribution is 6.34. The maximum absolute atomic E-state index is 12.5. The van der Waals surface area contributed by atoms with Crippen molar-refractivity contribution >= 4 is 23.2 Å². The van der Waals surface area contributed by atoms with E-state index in [1.165, 1.54) is 0 Å². The van der Waals surface area contributed by atoms with Gasteiger partial charge in [-0.2, -0.15) is 5.26 Å². The minimum Gasteiger partial charge on any atom is -0.310 e. The van der Waals surface area contributed by atoms with Gasteiger partial charge in [0.05, 0.1) is 28.4 Å². The molecule has 0 aliphatic carbocycles. The van der Waals surface area contributed by atoms with Gasteiger partial charge in [0.1, 0.15) is 0 Å². The van der Waals surface area contributed by atoms with E-state index in [0.717, 1.165) is 25.8 Å². The van der Waals surface area contributed by atoms with Crippen LogP contribution >= 0.6 is 11.6 Å². The Morgan fingerprint density at radius 2 is 2.35 bits per heavy atom. The van der Waals surface area contributed by atoms with E-state index in [9.17, 15) is 4.79 Å². The second-order valence-corrected chi connectivity index (χ2v) is 5.32. The lowest BCUT2D eigenvalue weighted by Crippen LogP contribution is -2.51. The van der Waals surface area contributed by atoms with Crippen molar-refractivity contribution in [2.75, 3.05) is 18.0 Å². The largest absolute Gasteiger partial charge is 0.310 e. The highest BCUT2D eigenvalue weighted by Gasteiger charge is 2.30. The molecule has 1 aromatic carbocycles. The van der Waals surface area contributed by atoms with E-state index < -0.39 is 0 Å². The number of piperidine rings is 1. The van der Waals surface area contributed by atoms with Crippen LogP contribution in [0.5, 0.6) is 0 Å². The molecule has 2 rings (SSSR count). The lowest BCUT2D eigenvalue weighted by atomic mass is 10.0. The molecule has 1 N–H and O–H groups in total. The molecule has 1 atom stereocenters. The van der Waals surface area contributed by atoms with Crippen LogP contribution in [0.25, 0.3) is 0 Å². The van der Waals surface area contributed by atoms with E-state index in [4.69, 9.17) is 16.9 Å². The molecule has 1 amide bonds. The number of halogens is 1. The Bertz CT molecular complexity index is 538. The first-order chi connectivity index (χ1) is 9.67. The van der Waals surface area contributed by atoms with E-state index in [2.05, 4.69) is 18.3 Å². The number of nitrogens with one attached hydrogen (secondary N) is 1. The summed E-state index contributed by atoms with van der Waals surface area (Å²) in [5.41, 5.74) is 1.15. The number of anilines is 1. The van der Waals surface area contributed by atoms with Crippen LogP contribution in [0.4, 0.5) is 5.69 Å². The molecule has 0 saturated carbocycles. The molecular formula is C15H18ClN3O. The quantitative estimate of drug-likeness (QED) is 0.928. The van der Waals surface area contributed by atoms with E-state index >= 15 is 0 Å². The van der Waals surface area contributed by atoms with Gasteiger partial charge in [-0.1, -0.05) is 18.5 Å². The molecule has 4 nitrogen and oxygen atoms in total. The number of amides is 1. The molecule has 1 aliphatic rings. The molecule has 0 radical (unpaired) electrons. The third-order valence-corrected chi connectivity index (χ3v) is 3.77. The van der Waals surface area contributed by atoms with E-state index in [1.54, 1.807) is 23.1 Å². The first-order valence-corrected chi connectivity index (χ1v) is 7.29. The number of nitrogens with zero attached hydrogens (tertiary/aromatic N) is 2. The molecule has 0 spiro atoms. The molecular weight excluding hydrogens is 274 g/mol. The highest BCUT2D eigenvalue weighted by atomic mass is 35.5. The van der Waals surface area contributed by atoms with Gasteiger partial charge in [0.15, 0.2) is 0 Å². The van der Waals surface area contributed by atoms with Crippen LogP contribution in [0.3, 0.4) is 0 Å². The van der Waals surface area contributed by atoms with Gasteiger partial charge in [-0.15, -0.1) is 0 Å². The molecule has 0 bridgehead atoms. The number of nitriles is 1. The Morgan fingerprint density at radius 3 is 3.05 bits per heavy atom. The molecule has 106 valence electrons. The summed E-state index contributed by atoms with van der Waals surface area (Å²) < 4.78 is 0. The number of carbonyl (C=O) groups is 1. The minimum absolute atomic E-state index is 0.0432. The van der Waals surface area contributed by atoms with Gasteiger partial charge in [-0.05, 0) is 44.0 Å². The van der Waals surface area contributed by atoms with Crippen LogP contribution in [-0.4, -0.2) is 25.0 Å². The number of rotatable bonds is 4. The van der Waals surface area contributed by atoms with Gasteiger partial charge in [0, 0.05) is 6.54 Å². The third-order valence-electron chi connectivity index (χ3n) is 3.45. The zero-order valence-electron chi connectivity index (χ0n) is 11.5. The highest BCUT2D eigenvalue weighted by Crippen LogP contribution is 2.29. The number of hydrogen-bond acceptors (Lipinski definition) is 3. The molecule has 1 aliphatic heterocycles. The van der Waals surface area contributed by atoms with E-state index in [-0.39, 0.29) is 11.9 Å². The van der Waals surface area contributed by atoms with Crippen molar-refractivity contribution in [2.24, 2.45) is 0 Å². The molecule has 1 unspecified atom stereocenters. The smallest absolute Gasteiger partial charge is 0.244 e. The summed E-state index contributed by atoms with van der Waals surface area (Å²) in [6, 6.07) is 6.95. The fourth-order valence-electron chi connectivity index (χ4n) is 2.41. The monoisotopic (exact) mass is 291 g/mol. The topological polar surface area (TPSA) is 56.1 Å². The molecule has 1 fully saturated rings. The summed E-state index contributed by atoms with van der Waals surface area (Å²) in [5, 5.41) is 12.8. The molecule has 5 heteroatoms. The van der Waals surface area contributed by atoms with Gasteiger partial charge < -0.3 is 10.2 Å². The zero-order valence-corrected chi connectivity index (χ0v) is 12.3. The first kappa shape index (κ1) is 14.8. The van der Waals surface area contributed by atoms with Gasteiger partial charge in [-0.3, -0.25) is 4.79 Å². The SMILES string of the molecule is CCCNC1CCCN(c2cc(C#N)ccc2Cl)C1=O. The Balaban J connectivity index is 2.23. The fourth-order valence-corrected chi connectivity index (χ4v) is 2.63. The normalized spacial score (nSPS) is 18.9. The first-order valence-electron chi connectivity index (χ1n) is 6.91. The van der Waals surface area contributed by atoms with Crippen molar-refractivity contribution in [2.45, 2.75) is 32.2 Å². The minimum atomic E-state index is -0.148. The van der Waals surface area contributed by atoms with E-state index in [1.807, 2.05) is 0 Å². The second kappa shape index (κ2) is 6.74. The summed E-state index contributed by atoms with van der Waals surface area (Å²) in [6.07, 6.45) is 2.78. The van der Waals surface area contributed by atoms with Gasteiger partial charge in [-0.25, -0.2) is 0 Å². The van der Waals surface area contributed by atoms with Crippen molar-refractivity contribution in [1.29, 1.82) is 5.26 Å². The Kier molecular flexibility index (Phi) is 4.99. The van der Waals surface area contributed by atoms with E-state index in [0.29, 0.717) is 22.8 Å². The van der Waals surface area contributed by atoms with Crippen molar-refractivity contribution < 1.29 is 4.79 Å². The summed E-state index contributed by atoms with van der Waals surface area (Å²) in [7, 11) is 0. The second-order valence-electron chi connectivity index (χ2n) is 4.92. The Labute approximate surface area is 124 Å². The number of carbonyl (C=O) groups excluding carboxylic acids is 1. The van der Waals surface area contributed by atoms with Crippen molar-refractivity contribution in [1.82, 2.24) is 5.32 Å². The standard InChI is InChI=1S/C15H18ClN3O/c1-2-7-18-13-4-3-8-19(15(13)20)14-9-11(10-17)5-6-12(14)16/h5-6,9,13,18H,2-4,7-8H2,1H3. The van der Waals surface area contributed by atoms with Crippen LogP contribution in [0.2, 0.25) is 5.02 Å². The predicted molar refractivity (Wildman–Crippen MR) is 79.8 cm³/mol. The summed E-state index contributed by atoms with van der Waals surface area (Å²) in [4.78, 5) is 14.2. The van der Waals surface area contributed by atoms with Crippen LogP contribution in [0.15, 0.2) is 18.2 Å². The maximum atomic E-state index is 12.5. The van der Waals surface area contributed by atoms with Crippen LogP contribution in [0, 0.1) is 11.3 Å². The predicted octanol–water partition coefficient (Wildman–Crippen LogP) is 2.71. The van der Waals surface area contributed by atoms with Crippen molar-refractivity contribution in [3.63, 3.8) is 0 Å². The zero-order chi connectivity index (χ0) is 14.5. The van der Waals surface area contributed by atoms with Gasteiger partial charge in [0.2, 0.25) is 5.91 Å². The molecule has 0 aromatic heterocycles. The Hall–Kier alpha value is -1.57. The fraction of sp³-hybridized carbons (Fsp3) is 0.467. The van der Waals surface area contributed by atoms with Crippen LogP contribution in [-0.2, 0) is 4.79 Å². The average Bonchev–Trinajstić information content (AvgIpc) is 2.47. The van der Waals surface area contributed by atoms with Crippen molar-refractivity contribution in [3.8, 4) is 6.07 Å². The lowest BCUT2D eigenvalue weighted by Gasteiger charge is -2.33. The summed E-state index contributed by atoms with van der Waals surface area (Å²) in [6.45, 7) is 3.55. The number of benzene rings is 1. The van der Waals surface area contributed by atoms with Gasteiger partial charge >= 0.3 is 0 Å². The third kappa shape index (κ3) is 3.12. The van der Waals surface area contributed by atoms with Gasteiger partial charge in [0.25, 0.3) is 0 Å². The average molecular weight is 292 g/mol. The summed E-state index contributed by atoms with van der Waals surface area (Å²) >= 11 is 6.18. The van der Waals surface area contributed by atoms with Crippen molar-refractivity contribution in [3.05, 3.63) is 28.8 Å². The lowest BCUT2D eigenvalue weighted by molar-refractivity contribution is -0.121. The maximum Gasteiger partial charge on any atom is 0.244 e. The Morgan fingerprint density at radius 1 is 1.55 bits per heavy atom. The van der Waals surface area contributed by atoms with Crippen LogP contribution < -0.4 is 10.2 Å². The molecule has 1 heterocycles. The number of hydrogen-bond donors (Lipinski definition) is 1. The molecule has 20 heavy (non-hydrogen) atoms. The summed E-state index contributed by atoms with van der Waals surface area (Å²) in [5.74, 6) is 0.0432. The molecule has 1 aromatic rings. The molecule has 1 saturated heterocycles.